The Kier molecular flexibility index (Phi) is 5.94. The number of aryl methyl sites for hydroxylation is 1. The molecule has 1 heterocycles. The van der Waals surface area contributed by atoms with Crippen molar-refractivity contribution in [2.45, 2.75) is 36.9 Å². The minimum absolute atomic E-state index is 0.125. The second-order valence-electron chi connectivity index (χ2n) is 4.16. The van der Waals surface area contributed by atoms with Crippen LogP contribution in [-0.2, 0) is 7.05 Å². The smallest absolute Gasteiger partial charge is 0.185 e. The molecule has 6 heteroatoms. The van der Waals surface area contributed by atoms with Crippen LogP contribution in [0.15, 0.2) is 11.5 Å². The first-order valence-electron chi connectivity index (χ1n) is 5.94. The summed E-state index contributed by atoms with van der Waals surface area (Å²) in [5, 5.41) is 17.6. The highest BCUT2D eigenvalue weighted by Gasteiger charge is 2.24. The lowest BCUT2D eigenvalue weighted by molar-refractivity contribution is 0.154. The summed E-state index contributed by atoms with van der Waals surface area (Å²) in [4.78, 5) is 4.16. The Labute approximate surface area is 107 Å². The highest BCUT2D eigenvalue weighted by molar-refractivity contribution is 7.99. The Hall–Kier alpha value is -0.590. The first-order chi connectivity index (χ1) is 8.17. The molecule has 0 bridgehead atoms. The molecule has 0 aliphatic rings. The van der Waals surface area contributed by atoms with Gasteiger partial charge < -0.3 is 10.4 Å². The highest BCUT2D eigenvalue weighted by Crippen LogP contribution is 2.20. The Morgan fingerprint density at radius 3 is 2.82 bits per heavy atom. The third-order valence-electron chi connectivity index (χ3n) is 3.21. The molecule has 0 radical (unpaired) electrons. The van der Waals surface area contributed by atoms with Gasteiger partial charge in [0.05, 0.1) is 6.61 Å². The maximum absolute atomic E-state index is 9.41. The number of hydrogen-bond acceptors (Lipinski definition) is 5. The first-order valence-corrected chi connectivity index (χ1v) is 6.92. The maximum atomic E-state index is 9.41. The van der Waals surface area contributed by atoms with E-state index in [0.29, 0.717) is 0 Å². The van der Waals surface area contributed by atoms with Gasteiger partial charge in [-0.25, -0.2) is 9.67 Å². The molecule has 1 unspecified atom stereocenters. The number of rotatable bonds is 8. The zero-order chi connectivity index (χ0) is 12.7. The molecule has 0 fully saturated rings. The molecule has 1 aromatic rings. The zero-order valence-electron chi connectivity index (χ0n) is 10.8. The monoisotopic (exact) mass is 258 g/mol. The summed E-state index contributed by atoms with van der Waals surface area (Å²) >= 11 is 1.71. The summed E-state index contributed by atoms with van der Waals surface area (Å²) in [5.74, 6) is 0.996. The number of aromatic nitrogens is 3. The molecule has 17 heavy (non-hydrogen) atoms. The van der Waals surface area contributed by atoms with Crippen LogP contribution in [0.25, 0.3) is 0 Å². The fraction of sp³-hybridized carbons (Fsp3) is 0.818. The number of aliphatic hydroxyl groups is 1. The fourth-order valence-corrected chi connectivity index (χ4v) is 2.57. The van der Waals surface area contributed by atoms with Crippen LogP contribution in [0.2, 0.25) is 0 Å². The van der Waals surface area contributed by atoms with Crippen LogP contribution in [0.4, 0.5) is 0 Å². The van der Waals surface area contributed by atoms with Gasteiger partial charge in [0.1, 0.15) is 6.33 Å². The van der Waals surface area contributed by atoms with Crippen molar-refractivity contribution < 1.29 is 5.11 Å². The molecule has 0 aromatic carbocycles. The number of hydrogen-bond donors (Lipinski definition) is 2. The molecule has 5 nitrogen and oxygen atoms in total. The van der Waals surface area contributed by atoms with Crippen LogP contribution < -0.4 is 5.32 Å². The molecule has 0 saturated heterocycles. The average molecular weight is 258 g/mol. The van der Waals surface area contributed by atoms with Gasteiger partial charge in [0, 0.05) is 18.3 Å². The summed E-state index contributed by atoms with van der Waals surface area (Å²) in [6.07, 6.45) is 4.53. The van der Waals surface area contributed by atoms with Gasteiger partial charge in [-0.05, 0) is 26.3 Å². The first kappa shape index (κ1) is 14.5. The van der Waals surface area contributed by atoms with E-state index in [1.165, 1.54) is 0 Å². The summed E-state index contributed by atoms with van der Waals surface area (Å²) in [6, 6.07) is 0. The van der Waals surface area contributed by atoms with E-state index in [2.05, 4.69) is 22.3 Å². The fourth-order valence-electron chi connectivity index (χ4n) is 1.74. The van der Waals surface area contributed by atoms with Crippen LogP contribution in [0.5, 0.6) is 0 Å². The normalized spacial score (nSPS) is 14.8. The van der Waals surface area contributed by atoms with Crippen LogP contribution >= 0.6 is 11.8 Å². The van der Waals surface area contributed by atoms with E-state index >= 15 is 0 Å². The van der Waals surface area contributed by atoms with Gasteiger partial charge in [0.2, 0.25) is 0 Å². The third-order valence-corrected chi connectivity index (χ3v) is 4.33. The van der Waals surface area contributed by atoms with Crippen molar-refractivity contribution in [1.29, 1.82) is 0 Å². The summed E-state index contributed by atoms with van der Waals surface area (Å²) in [6.45, 7) is 2.29. The molecule has 0 aliphatic heterocycles. The Balaban J connectivity index is 2.30. The lowest BCUT2D eigenvalue weighted by atomic mass is 9.92. The van der Waals surface area contributed by atoms with Gasteiger partial charge in [0.25, 0.3) is 0 Å². The molecular formula is C11H22N4OS. The molecular weight excluding hydrogens is 236 g/mol. The van der Waals surface area contributed by atoms with Crippen LogP contribution in [0, 0.1) is 0 Å². The topological polar surface area (TPSA) is 63.0 Å². The van der Waals surface area contributed by atoms with Crippen molar-refractivity contribution in [3.8, 4) is 0 Å². The minimum atomic E-state index is -0.125. The number of nitrogens with zero attached hydrogens (tertiary/aromatic N) is 3. The van der Waals surface area contributed by atoms with Crippen molar-refractivity contribution in [2.75, 3.05) is 19.4 Å². The molecule has 0 spiro atoms. The predicted molar refractivity (Wildman–Crippen MR) is 70.1 cm³/mol. The number of nitrogens with one attached hydrogen (secondary N) is 1. The van der Waals surface area contributed by atoms with Gasteiger partial charge in [-0.15, -0.1) is 0 Å². The van der Waals surface area contributed by atoms with Gasteiger partial charge in [0.15, 0.2) is 5.16 Å². The molecule has 0 aliphatic carbocycles. The predicted octanol–water partition coefficient (Wildman–Crippen LogP) is 1.05. The minimum Gasteiger partial charge on any atom is -0.394 e. The van der Waals surface area contributed by atoms with E-state index < -0.39 is 0 Å². The third kappa shape index (κ3) is 3.97. The number of likely N-dealkylation sites (N-methyl/N-ethyl adjacent to an activating group) is 1. The largest absolute Gasteiger partial charge is 0.394 e. The van der Waals surface area contributed by atoms with Crippen LogP contribution in [0.3, 0.4) is 0 Å². The second kappa shape index (κ2) is 6.98. The SMILES string of the molecule is CCC(CO)(CCCSc1ncnn1C)NC. The van der Waals surface area contributed by atoms with Gasteiger partial charge in [-0.3, -0.25) is 0 Å². The Bertz CT molecular complexity index is 317. The quantitative estimate of drug-likeness (QED) is 0.539. The van der Waals surface area contributed by atoms with E-state index in [4.69, 9.17) is 0 Å². The highest BCUT2D eigenvalue weighted by atomic mass is 32.2. The van der Waals surface area contributed by atoms with Crippen molar-refractivity contribution in [3.63, 3.8) is 0 Å². The van der Waals surface area contributed by atoms with E-state index in [1.54, 1.807) is 22.8 Å². The van der Waals surface area contributed by atoms with Gasteiger partial charge in [-0.1, -0.05) is 18.7 Å². The zero-order valence-corrected chi connectivity index (χ0v) is 11.6. The lowest BCUT2D eigenvalue weighted by Crippen LogP contribution is -2.45. The Morgan fingerprint density at radius 1 is 1.59 bits per heavy atom. The number of thioether (sulfide) groups is 1. The molecule has 1 aromatic heterocycles. The van der Waals surface area contributed by atoms with Crippen molar-refractivity contribution >= 4 is 11.8 Å². The molecule has 98 valence electrons. The Morgan fingerprint density at radius 2 is 2.35 bits per heavy atom. The molecule has 0 amide bonds. The molecule has 2 N–H and O–H groups in total. The van der Waals surface area contributed by atoms with Gasteiger partial charge >= 0.3 is 0 Å². The van der Waals surface area contributed by atoms with E-state index in [1.807, 2.05) is 14.1 Å². The lowest BCUT2D eigenvalue weighted by Gasteiger charge is -2.30. The van der Waals surface area contributed by atoms with Crippen molar-refractivity contribution in [1.82, 2.24) is 20.1 Å². The summed E-state index contributed by atoms with van der Waals surface area (Å²) < 4.78 is 1.78. The van der Waals surface area contributed by atoms with Crippen LogP contribution in [0.1, 0.15) is 26.2 Å². The van der Waals surface area contributed by atoms with Crippen molar-refractivity contribution in [3.05, 3.63) is 6.33 Å². The molecule has 0 saturated carbocycles. The van der Waals surface area contributed by atoms with Crippen LogP contribution in [-0.4, -0.2) is 44.8 Å². The summed E-state index contributed by atoms with van der Waals surface area (Å²) in [7, 11) is 3.81. The van der Waals surface area contributed by atoms with Crippen molar-refractivity contribution in [2.24, 2.45) is 7.05 Å². The summed E-state index contributed by atoms with van der Waals surface area (Å²) in [5.41, 5.74) is -0.125. The van der Waals surface area contributed by atoms with E-state index in [9.17, 15) is 5.11 Å². The maximum Gasteiger partial charge on any atom is 0.185 e. The van der Waals surface area contributed by atoms with Gasteiger partial charge in [-0.2, -0.15) is 5.10 Å². The average Bonchev–Trinajstić information content (AvgIpc) is 2.76. The standard InChI is InChI=1S/C11H22N4OS/c1-4-11(8-16,12-2)6-5-7-17-10-13-9-14-15(10)3/h9,12,16H,4-8H2,1-3H3. The van der Waals surface area contributed by atoms with E-state index in [0.717, 1.165) is 30.2 Å². The molecule has 1 atom stereocenters. The van der Waals surface area contributed by atoms with E-state index in [-0.39, 0.29) is 12.1 Å². The molecule has 1 rings (SSSR count). The number of aliphatic hydroxyl groups excluding tert-OH is 1. The second-order valence-corrected chi connectivity index (χ2v) is 5.22.